The number of hydrogen-bond donors (Lipinski definition) is 9. The smallest absolute Gasteiger partial charge is 0.274 e. The molecule has 0 aliphatic carbocycles. The van der Waals surface area contributed by atoms with E-state index in [1.807, 2.05) is 24.3 Å². The predicted octanol–water partition coefficient (Wildman–Crippen LogP) is 1.33. The van der Waals surface area contributed by atoms with Gasteiger partial charge < -0.3 is 61.9 Å². The number of nitrogens with one attached hydrogen (secondary N) is 7. The van der Waals surface area contributed by atoms with Gasteiger partial charge in [-0.05, 0) is 100 Å². The molecule has 6 amide bonds. The number of nitro benzene ring substituents is 1. The van der Waals surface area contributed by atoms with E-state index in [4.69, 9.17) is 19.9 Å². The number of aromatic nitrogens is 1. The predicted molar refractivity (Wildman–Crippen MR) is 244 cm³/mol. The molecule has 10 N–H and O–H groups in total. The highest BCUT2D eigenvalue weighted by molar-refractivity contribution is 5.98. The number of phenolic OH excluding ortho intramolecular Hbond substituents is 1. The topological polar surface area (TPSA) is 307 Å². The molecular weight excluding hydrogens is 883 g/mol. The van der Waals surface area contributed by atoms with Crippen molar-refractivity contribution in [2.24, 2.45) is 5.73 Å². The first-order valence-corrected chi connectivity index (χ1v) is 22.5. The Morgan fingerprint density at radius 1 is 0.794 bits per heavy atom. The van der Waals surface area contributed by atoms with Crippen molar-refractivity contribution in [1.29, 1.82) is 0 Å². The summed E-state index contributed by atoms with van der Waals surface area (Å²) in [4.78, 5) is 101. The van der Waals surface area contributed by atoms with Crippen LogP contribution in [-0.4, -0.2) is 111 Å². The number of nitro groups is 1. The first-order valence-electron chi connectivity index (χ1n) is 22.5. The summed E-state index contributed by atoms with van der Waals surface area (Å²) in [5.41, 5.74) is 9.18. The average molecular weight is 940 g/mol. The Morgan fingerprint density at radius 2 is 1.43 bits per heavy atom. The van der Waals surface area contributed by atoms with Gasteiger partial charge in [-0.25, -0.2) is 0 Å². The molecule has 68 heavy (non-hydrogen) atoms. The van der Waals surface area contributed by atoms with Gasteiger partial charge in [0, 0.05) is 48.1 Å². The number of carbonyl (C=O) groups excluding carboxylic acids is 6. The SMILES string of the molecule is Cc1cc(CNC(=O)C[C@@H]2NC(=O)[C@H](CCCCN)NC(=O)[C@@H](Cc3c[nH]c4ccccc34)NC(=O)[C@H](Cc3ccc(O)cc3)NC(=O)[C@H]3O[C@@H]4OC(C)(C)OC4[C@@H]3NC2=O)c([N+](=O)[O-])cc1C. The van der Waals surface area contributed by atoms with E-state index in [0.717, 1.165) is 16.5 Å². The average Bonchev–Trinajstić information content (AvgIpc) is 3.95. The van der Waals surface area contributed by atoms with Crippen LogP contribution in [0.5, 0.6) is 5.75 Å². The maximum atomic E-state index is 14.6. The van der Waals surface area contributed by atoms with Crippen LogP contribution in [0, 0.1) is 24.0 Å². The van der Waals surface area contributed by atoms with Gasteiger partial charge in [-0.3, -0.25) is 38.9 Å². The molecule has 0 bridgehead atoms. The number of aromatic hydroxyl groups is 1. The van der Waals surface area contributed by atoms with Crippen molar-refractivity contribution in [2.45, 2.75) is 127 Å². The molecule has 0 saturated carbocycles. The second-order valence-corrected chi connectivity index (χ2v) is 17.8. The lowest BCUT2D eigenvalue weighted by molar-refractivity contribution is -0.385. The number of nitrogens with two attached hydrogens (primary N) is 1. The molecule has 0 radical (unpaired) electrons. The van der Waals surface area contributed by atoms with Gasteiger partial charge in [-0.1, -0.05) is 30.3 Å². The zero-order valence-corrected chi connectivity index (χ0v) is 38.1. The maximum absolute atomic E-state index is 14.6. The number of hydrogen-bond acceptors (Lipinski definition) is 13. The number of para-hydroxylation sites is 1. The van der Waals surface area contributed by atoms with Gasteiger partial charge in [-0.2, -0.15) is 0 Å². The molecule has 1 unspecified atom stereocenters. The highest BCUT2D eigenvalue weighted by Crippen LogP contribution is 2.38. The van der Waals surface area contributed by atoms with Crippen LogP contribution in [0.1, 0.15) is 67.3 Å². The lowest BCUT2D eigenvalue weighted by Crippen LogP contribution is -2.63. The van der Waals surface area contributed by atoms with Crippen LogP contribution in [0.2, 0.25) is 0 Å². The summed E-state index contributed by atoms with van der Waals surface area (Å²) < 4.78 is 18.2. The van der Waals surface area contributed by atoms with E-state index >= 15 is 0 Å². The summed E-state index contributed by atoms with van der Waals surface area (Å²) in [7, 11) is 0. The number of H-pyrrole nitrogens is 1. The van der Waals surface area contributed by atoms with Crippen molar-refractivity contribution in [3.8, 4) is 5.75 Å². The van der Waals surface area contributed by atoms with E-state index in [9.17, 15) is 44.0 Å². The maximum Gasteiger partial charge on any atom is 0.274 e. The van der Waals surface area contributed by atoms with Crippen molar-refractivity contribution in [3.05, 3.63) is 105 Å². The van der Waals surface area contributed by atoms with Gasteiger partial charge in [0.1, 0.15) is 36.0 Å². The molecule has 8 atom stereocenters. The number of carbonyl (C=O) groups is 6. The summed E-state index contributed by atoms with van der Waals surface area (Å²) in [6.07, 6.45) is -2.13. The van der Waals surface area contributed by atoms with Crippen LogP contribution in [0.15, 0.2) is 66.9 Å². The van der Waals surface area contributed by atoms with E-state index in [0.29, 0.717) is 29.5 Å². The van der Waals surface area contributed by atoms with Crippen molar-refractivity contribution < 1.29 is 53.0 Å². The molecule has 3 fully saturated rings. The molecule has 4 aromatic rings. The fourth-order valence-corrected chi connectivity index (χ4v) is 8.63. The molecule has 3 aliphatic rings. The van der Waals surface area contributed by atoms with Crippen molar-refractivity contribution in [2.75, 3.05) is 6.54 Å². The fraction of sp³-hybridized carbons (Fsp3) is 0.447. The van der Waals surface area contributed by atoms with Crippen molar-refractivity contribution >= 4 is 52.0 Å². The quantitative estimate of drug-likeness (QED) is 0.0520. The van der Waals surface area contributed by atoms with Gasteiger partial charge in [0.05, 0.1) is 17.4 Å². The van der Waals surface area contributed by atoms with E-state index in [1.54, 1.807) is 52.1 Å². The third-order valence-corrected chi connectivity index (χ3v) is 12.3. The summed E-state index contributed by atoms with van der Waals surface area (Å²) in [6.45, 7) is 6.70. The standard InChI is InChI=1S/C47H57N9O12/c1-24-17-28(36(56(64)65)18-25(24)2)23-50-37(58)21-35-44(62)55-38-39(66-46-40(38)67-47(3,4)68-46)45(63)54-33(19-26-12-14-29(57)15-13-26)42(60)52-34(20-27-22-49-31-10-6-5-9-30(27)31)43(61)51-32(41(59)53-35)11-7-8-16-48/h5-6,9-10,12-15,17-18,22,32-35,38-40,46,49,57H,7-8,11,16,19-21,23,48H2,1-4H3,(H,50,58)(H,51,61)(H,52,60)(H,53,59)(H,54,63)(H,55,62)/t32-,33-,34+,35-,38+,39-,40?,46+/m0/s1. The van der Waals surface area contributed by atoms with Gasteiger partial charge >= 0.3 is 0 Å². The molecular formula is C47H57N9O12. The highest BCUT2D eigenvalue weighted by Gasteiger charge is 2.58. The number of rotatable bonds is 13. The van der Waals surface area contributed by atoms with Crippen LogP contribution >= 0.6 is 0 Å². The van der Waals surface area contributed by atoms with Crippen LogP contribution in [0.4, 0.5) is 5.69 Å². The van der Waals surface area contributed by atoms with Gasteiger partial charge in [0.25, 0.3) is 11.6 Å². The third-order valence-electron chi connectivity index (χ3n) is 12.3. The number of unbranched alkanes of at least 4 members (excludes halogenated alkanes) is 1. The Labute approximate surface area is 391 Å². The molecule has 3 aliphatic heterocycles. The Morgan fingerprint density at radius 3 is 2.15 bits per heavy atom. The van der Waals surface area contributed by atoms with Crippen LogP contribution in [0.25, 0.3) is 10.9 Å². The first kappa shape index (κ1) is 49.0. The normalized spacial score (nSPS) is 25.3. The zero-order valence-electron chi connectivity index (χ0n) is 38.1. The Balaban J connectivity index is 1.26. The van der Waals surface area contributed by atoms with E-state index in [-0.39, 0.29) is 49.4 Å². The summed E-state index contributed by atoms with van der Waals surface area (Å²) >= 11 is 0. The molecule has 7 rings (SSSR count). The molecule has 21 heteroatoms. The molecule has 21 nitrogen and oxygen atoms in total. The molecule has 362 valence electrons. The second-order valence-electron chi connectivity index (χ2n) is 17.8. The van der Waals surface area contributed by atoms with E-state index < -0.39 is 101 Å². The van der Waals surface area contributed by atoms with Crippen LogP contribution in [0.3, 0.4) is 0 Å². The monoisotopic (exact) mass is 939 g/mol. The lowest BCUT2D eigenvalue weighted by Gasteiger charge is -2.30. The number of fused-ring (bicyclic) bond motifs is 4. The number of amides is 6. The number of nitrogens with zero attached hydrogens (tertiary/aromatic N) is 1. The summed E-state index contributed by atoms with van der Waals surface area (Å²) in [6, 6.07) is 9.32. The highest BCUT2D eigenvalue weighted by atomic mass is 16.8. The Hall–Kier alpha value is -6.94. The number of benzene rings is 3. The van der Waals surface area contributed by atoms with Gasteiger partial charge in [0.2, 0.25) is 29.5 Å². The van der Waals surface area contributed by atoms with Crippen LogP contribution < -0.4 is 37.6 Å². The molecule has 3 aromatic carbocycles. The van der Waals surface area contributed by atoms with Gasteiger partial charge in [0.15, 0.2) is 18.2 Å². The number of aryl methyl sites for hydroxylation is 2. The second kappa shape index (κ2) is 20.9. The minimum absolute atomic E-state index is 0.0331. The third kappa shape index (κ3) is 11.6. The van der Waals surface area contributed by atoms with E-state index in [2.05, 4.69) is 36.9 Å². The molecule has 1 aromatic heterocycles. The van der Waals surface area contributed by atoms with Gasteiger partial charge in [-0.15, -0.1) is 0 Å². The summed E-state index contributed by atoms with van der Waals surface area (Å²) in [5.74, 6) is -6.23. The molecule has 0 spiro atoms. The molecule has 3 saturated heterocycles. The Bertz CT molecular complexity index is 2560. The largest absolute Gasteiger partial charge is 0.508 e. The van der Waals surface area contributed by atoms with E-state index in [1.165, 1.54) is 18.2 Å². The van der Waals surface area contributed by atoms with Crippen LogP contribution in [-0.2, 0) is 62.4 Å². The van der Waals surface area contributed by atoms with Crippen molar-refractivity contribution in [3.63, 3.8) is 0 Å². The lowest BCUT2D eigenvalue weighted by atomic mass is 9.99. The Kier molecular flexibility index (Phi) is 15.1. The molecule has 4 heterocycles. The first-order chi connectivity index (χ1) is 32.4. The number of ether oxygens (including phenoxy) is 3. The zero-order chi connectivity index (χ0) is 48.9. The number of phenols is 1. The minimum atomic E-state index is -1.65. The summed E-state index contributed by atoms with van der Waals surface area (Å²) in [5, 5.41) is 39.0. The van der Waals surface area contributed by atoms with Crippen molar-refractivity contribution in [1.82, 2.24) is 36.9 Å². The number of aromatic amines is 1. The minimum Gasteiger partial charge on any atom is -0.508 e. The fourth-order valence-electron chi connectivity index (χ4n) is 8.63.